The van der Waals surface area contributed by atoms with Crippen molar-refractivity contribution in [2.75, 3.05) is 7.11 Å². The number of Topliss-reactive ketones (excluding diaryl/α,β-unsaturated/α-hetero) is 1. The number of carbonyl (C=O) groups is 2. The molecule has 6 nitrogen and oxygen atoms in total. The molecule has 0 aliphatic rings. The van der Waals surface area contributed by atoms with Crippen molar-refractivity contribution in [2.45, 2.75) is 25.4 Å². The number of methoxy groups -OCH3 is 1. The third-order valence-corrected chi connectivity index (χ3v) is 5.61. The summed E-state index contributed by atoms with van der Waals surface area (Å²) >= 11 is 0. The lowest BCUT2D eigenvalue weighted by atomic mass is 9.96. The molecule has 1 amide bonds. The van der Waals surface area contributed by atoms with Crippen LogP contribution >= 0.6 is 0 Å². The minimum atomic E-state index is -0.703. The van der Waals surface area contributed by atoms with Crippen LogP contribution in [0, 0.1) is 0 Å². The first kappa shape index (κ1) is 21.3. The fraction of sp³-hybridized carbons (Fsp3) is 0.192. The summed E-state index contributed by atoms with van der Waals surface area (Å²) in [6.45, 7) is 2.16. The number of nitrogens with zero attached hydrogens (tertiary/aromatic N) is 2. The Hall–Kier alpha value is -3.93. The Kier molecular flexibility index (Phi) is 6.31. The molecule has 6 heteroatoms. The molecule has 1 aromatic heterocycles. The van der Waals surface area contributed by atoms with Crippen LogP contribution in [-0.2, 0) is 11.3 Å². The van der Waals surface area contributed by atoms with Gasteiger partial charge in [-0.3, -0.25) is 9.59 Å². The van der Waals surface area contributed by atoms with Crippen molar-refractivity contribution in [1.82, 2.24) is 14.9 Å². The van der Waals surface area contributed by atoms with E-state index in [1.807, 2.05) is 61.5 Å². The van der Waals surface area contributed by atoms with Gasteiger partial charge in [0.25, 0.3) is 0 Å². The van der Waals surface area contributed by atoms with E-state index in [2.05, 4.69) is 10.3 Å². The van der Waals surface area contributed by atoms with Crippen LogP contribution in [0.2, 0.25) is 0 Å². The number of hydrogen-bond acceptors (Lipinski definition) is 4. The molecule has 0 saturated heterocycles. The SMILES string of the molecule is COc1ccc2cc([C@H](C)C(=O)NC(Cn3ccnc3)C(=O)c3ccccc3)ccc2c1. The first-order valence-corrected chi connectivity index (χ1v) is 10.5. The van der Waals surface area contributed by atoms with Crippen LogP contribution < -0.4 is 10.1 Å². The molecule has 0 spiro atoms. The van der Waals surface area contributed by atoms with Crippen molar-refractivity contribution in [3.8, 4) is 5.75 Å². The van der Waals surface area contributed by atoms with Gasteiger partial charge in [-0.15, -0.1) is 0 Å². The highest BCUT2D eigenvalue weighted by atomic mass is 16.5. The van der Waals surface area contributed by atoms with Crippen LogP contribution in [0.1, 0.15) is 28.8 Å². The minimum Gasteiger partial charge on any atom is -0.497 e. The summed E-state index contributed by atoms with van der Waals surface area (Å²) in [5.74, 6) is 0.0332. The molecule has 3 aromatic carbocycles. The summed E-state index contributed by atoms with van der Waals surface area (Å²) in [7, 11) is 1.64. The van der Waals surface area contributed by atoms with E-state index in [-0.39, 0.29) is 11.7 Å². The Labute approximate surface area is 186 Å². The number of nitrogens with one attached hydrogen (secondary N) is 1. The van der Waals surface area contributed by atoms with E-state index in [0.717, 1.165) is 22.1 Å². The second-order valence-electron chi connectivity index (χ2n) is 7.75. The number of hydrogen-bond donors (Lipinski definition) is 1. The summed E-state index contributed by atoms with van der Waals surface area (Å²) in [5.41, 5.74) is 1.44. The van der Waals surface area contributed by atoms with Crippen molar-refractivity contribution in [1.29, 1.82) is 0 Å². The summed E-state index contributed by atoms with van der Waals surface area (Å²) < 4.78 is 7.07. The Morgan fingerprint density at radius 2 is 1.78 bits per heavy atom. The molecule has 4 rings (SSSR count). The third-order valence-electron chi connectivity index (χ3n) is 5.61. The lowest BCUT2D eigenvalue weighted by Gasteiger charge is -2.21. The van der Waals surface area contributed by atoms with Crippen LogP contribution in [0.4, 0.5) is 0 Å². The van der Waals surface area contributed by atoms with E-state index < -0.39 is 12.0 Å². The Balaban J connectivity index is 1.55. The average Bonchev–Trinajstić information content (AvgIpc) is 3.35. The molecular formula is C26H25N3O3. The maximum absolute atomic E-state index is 13.1. The number of amides is 1. The number of benzene rings is 3. The summed E-state index contributed by atoms with van der Waals surface area (Å²) in [5, 5.41) is 5.03. The van der Waals surface area contributed by atoms with Crippen molar-refractivity contribution >= 4 is 22.5 Å². The normalized spacial score (nSPS) is 12.8. The van der Waals surface area contributed by atoms with Crippen LogP contribution in [0.15, 0.2) is 85.5 Å². The van der Waals surface area contributed by atoms with Gasteiger partial charge in [-0.2, -0.15) is 0 Å². The Morgan fingerprint density at radius 3 is 2.50 bits per heavy atom. The smallest absolute Gasteiger partial charge is 0.227 e. The summed E-state index contributed by atoms with van der Waals surface area (Å²) in [6.07, 6.45) is 5.06. The zero-order valence-corrected chi connectivity index (χ0v) is 18.1. The fourth-order valence-corrected chi connectivity index (χ4v) is 3.69. The molecular weight excluding hydrogens is 402 g/mol. The molecule has 0 bridgehead atoms. The topological polar surface area (TPSA) is 73.2 Å². The van der Waals surface area contributed by atoms with Crippen LogP contribution in [0.25, 0.3) is 10.8 Å². The van der Waals surface area contributed by atoms with E-state index in [1.165, 1.54) is 0 Å². The molecule has 1 heterocycles. The number of imidazole rings is 1. The van der Waals surface area contributed by atoms with Gasteiger partial charge < -0.3 is 14.6 Å². The predicted octanol–water partition coefficient (Wildman–Crippen LogP) is 4.22. The zero-order valence-electron chi connectivity index (χ0n) is 18.1. The highest BCUT2D eigenvalue weighted by molar-refractivity contribution is 6.02. The van der Waals surface area contributed by atoms with Gasteiger partial charge in [0, 0.05) is 18.0 Å². The lowest BCUT2D eigenvalue weighted by Crippen LogP contribution is -2.45. The van der Waals surface area contributed by atoms with E-state index in [0.29, 0.717) is 12.1 Å². The lowest BCUT2D eigenvalue weighted by molar-refractivity contribution is -0.122. The molecule has 162 valence electrons. The number of rotatable bonds is 8. The van der Waals surface area contributed by atoms with E-state index in [1.54, 1.807) is 42.5 Å². The average molecular weight is 428 g/mol. The van der Waals surface area contributed by atoms with Crippen molar-refractivity contribution in [2.24, 2.45) is 0 Å². The second-order valence-corrected chi connectivity index (χ2v) is 7.75. The van der Waals surface area contributed by atoms with Gasteiger partial charge in [0.15, 0.2) is 5.78 Å². The molecule has 2 atom stereocenters. The maximum Gasteiger partial charge on any atom is 0.227 e. The van der Waals surface area contributed by atoms with Crippen LogP contribution in [0.3, 0.4) is 0 Å². The Morgan fingerprint density at radius 1 is 1.03 bits per heavy atom. The first-order valence-electron chi connectivity index (χ1n) is 10.5. The van der Waals surface area contributed by atoms with Gasteiger partial charge in [-0.1, -0.05) is 54.6 Å². The number of aromatic nitrogens is 2. The number of ether oxygens (including phenoxy) is 1. The number of fused-ring (bicyclic) bond motifs is 1. The molecule has 4 aromatic rings. The van der Waals surface area contributed by atoms with Crippen molar-refractivity contribution in [3.05, 3.63) is 96.6 Å². The van der Waals surface area contributed by atoms with Gasteiger partial charge in [-0.25, -0.2) is 4.98 Å². The largest absolute Gasteiger partial charge is 0.497 e. The zero-order chi connectivity index (χ0) is 22.5. The van der Waals surface area contributed by atoms with Gasteiger partial charge in [0.2, 0.25) is 5.91 Å². The molecule has 0 saturated carbocycles. The monoisotopic (exact) mass is 427 g/mol. The van der Waals surface area contributed by atoms with E-state index >= 15 is 0 Å². The van der Waals surface area contributed by atoms with Gasteiger partial charge in [0.1, 0.15) is 11.8 Å². The minimum absolute atomic E-state index is 0.134. The molecule has 0 aliphatic carbocycles. The Bertz CT molecular complexity index is 1220. The number of ketones is 1. The standard InChI is InChI=1S/C26H25N3O3/c1-18(20-8-9-22-15-23(32-2)11-10-21(22)14-20)26(31)28-24(16-29-13-12-27-17-29)25(30)19-6-4-3-5-7-19/h3-15,17-18,24H,16H2,1-2H3,(H,28,31)/t18-,24?/m0/s1. The predicted molar refractivity (Wildman–Crippen MR) is 124 cm³/mol. The fourth-order valence-electron chi connectivity index (χ4n) is 3.69. The van der Waals surface area contributed by atoms with Crippen LogP contribution in [-0.4, -0.2) is 34.4 Å². The molecule has 0 fully saturated rings. The first-order chi connectivity index (χ1) is 15.5. The summed E-state index contributed by atoms with van der Waals surface area (Å²) in [6, 6.07) is 20.1. The second kappa shape index (κ2) is 9.47. The number of carbonyl (C=O) groups excluding carboxylic acids is 2. The van der Waals surface area contributed by atoms with Crippen molar-refractivity contribution < 1.29 is 14.3 Å². The third kappa shape index (κ3) is 4.70. The van der Waals surface area contributed by atoms with E-state index in [9.17, 15) is 9.59 Å². The quantitative estimate of drug-likeness (QED) is 0.428. The van der Waals surface area contributed by atoms with Crippen molar-refractivity contribution in [3.63, 3.8) is 0 Å². The summed E-state index contributed by atoms with van der Waals surface area (Å²) in [4.78, 5) is 30.3. The van der Waals surface area contributed by atoms with Gasteiger partial charge >= 0.3 is 0 Å². The van der Waals surface area contributed by atoms with E-state index in [4.69, 9.17) is 4.74 Å². The van der Waals surface area contributed by atoms with Gasteiger partial charge in [0.05, 0.1) is 25.9 Å². The molecule has 1 unspecified atom stereocenters. The molecule has 1 N–H and O–H groups in total. The highest BCUT2D eigenvalue weighted by Gasteiger charge is 2.25. The maximum atomic E-state index is 13.1. The van der Waals surface area contributed by atoms with Crippen LogP contribution in [0.5, 0.6) is 5.75 Å². The van der Waals surface area contributed by atoms with Gasteiger partial charge in [-0.05, 0) is 35.4 Å². The molecule has 0 aliphatic heterocycles. The highest BCUT2D eigenvalue weighted by Crippen LogP contribution is 2.25. The molecule has 32 heavy (non-hydrogen) atoms. The molecule has 0 radical (unpaired) electrons.